The summed E-state index contributed by atoms with van der Waals surface area (Å²) in [6, 6.07) is 9.28. The van der Waals surface area contributed by atoms with Crippen molar-refractivity contribution in [3.8, 4) is 5.69 Å². The molecule has 0 unspecified atom stereocenters. The highest BCUT2D eigenvalue weighted by Crippen LogP contribution is 2.23. The van der Waals surface area contributed by atoms with Crippen molar-refractivity contribution >= 4 is 11.7 Å². The van der Waals surface area contributed by atoms with Crippen LogP contribution in [0.1, 0.15) is 38.3 Å². The van der Waals surface area contributed by atoms with Crippen LogP contribution in [-0.4, -0.2) is 21.4 Å². The average Bonchev–Trinajstić information content (AvgIpc) is 2.81. The van der Waals surface area contributed by atoms with E-state index in [-0.39, 0.29) is 17.6 Å². The van der Waals surface area contributed by atoms with Gasteiger partial charge in [-0.05, 0) is 37.8 Å². The lowest BCUT2D eigenvalue weighted by Crippen LogP contribution is -2.43. The van der Waals surface area contributed by atoms with Crippen LogP contribution >= 0.6 is 0 Å². The summed E-state index contributed by atoms with van der Waals surface area (Å²) < 4.78 is 3.32. The molecule has 1 aliphatic rings. The first-order valence-electron chi connectivity index (χ1n) is 8.90. The van der Waals surface area contributed by atoms with E-state index in [9.17, 15) is 9.59 Å². The lowest BCUT2D eigenvalue weighted by Gasteiger charge is -2.29. The molecule has 6 nitrogen and oxygen atoms in total. The van der Waals surface area contributed by atoms with E-state index in [1.165, 1.54) is 6.42 Å². The highest BCUT2D eigenvalue weighted by molar-refractivity contribution is 5.90. The molecule has 134 valence electrons. The molecule has 0 bridgehead atoms. The summed E-state index contributed by atoms with van der Waals surface area (Å²) in [6.45, 7) is 4.00. The van der Waals surface area contributed by atoms with Gasteiger partial charge in [-0.1, -0.05) is 38.0 Å². The number of benzene rings is 1. The van der Waals surface area contributed by atoms with Crippen molar-refractivity contribution in [2.24, 2.45) is 13.0 Å². The number of hydrogen-bond donors (Lipinski definition) is 2. The van der Waals surface area contributed by atoms with Crippen LogP contribution in [0.5, 0.6) is 0 Å². The zero-order valence-corrected chi connectivity index (χ0v) is 15.1. The fraction of sp³-hybridized carbons (Fsp3) is 0.474. The van der Waals surface area contributed by atoms with Crippen LogP contribution < -0.4 is 16.2 Å². The van der Waals surface area contributed by atoms with E-state index in [4.69, 9.17) is 0 Å². The van der Waals surface area contributed by atoms with E-state index >= 15 is 0 Å². The normalized spacial score (nSPS) is 20.3. The van der Waals surface area contributed by atoms with Gasteiger partial charge in [0.1, 0.15) is 5.69 Å². The number of rotatable bonds is 3. The molecule has 6 heteroatoms. The minimum atomic E-state index is -0.301. The van der Waals surface area contributed by atoms with E-state index in [0.717, 1.165) is 30.6 Å². The second-order valence-electron chi connectivity index (χ2n) is 6.90. The minimum absolute atomic E-state index is 0.175. The Kier molecular flexibility index (Phi) is 4.97. The maximum Gasteiger partial charge on any atom is 0.319 e. The van der Waals surface area contributed by atoms with Gasteiger partial charge in [-0.2, -0.15) is 0 Å². The molecule has 1 fully saturated rings. The maximum absolute atomic E-state index is 12.8. The quantitative estimate of drug-likeness (QED) is 0.899. The molecular weight excluding hydrogens is 316 g/mol. The number of carbonyl (C=O) groups is 1. The Labute approximate surface area is 147 Å². The molecule has 1 heterocycles. The van der Waals surface area contributed by atoms with E-state index in [2.05, 4.69) is 17.6 Å². The van der Waals surface area contributed by atoms with Gasteiger partial charge in [-0.3, -0.25) is 9.48 Å². The molecule has 1 aromatic heterocycles. The lowest BCUT2D eigenvalue weighted by atomic mass is 9.86. The highest BCUT2D eigenvalue weighted by Gasteiger charge is 2.24. The Morgan fingerprint density at radius 2 is 1.84 bits per heavy atom. The molecule has 1 aromatic carbocycles. The first kappa shape index (κ1) is 17.3. The molecule has 1 saturated carbocycles. The van der Waals surface area contributed by atoms with Crippen molar-refractivity contribution in [1.82, 2.24) is 14.7 Å². The molecule has 1 aliphatic carbocycles. The summed E-state index contributed by atoms with van der Waals surface area (Å²) >= 11 is 0. The molecule has 0 aliphatic heterocycles. The smallest absolute Gasteiger partial charge is 0.319 e. The van der Waals surface area contributed by atoms with Crippen molar-refractivity contribution in [2.45, 2.75) is 45.6 Å². The van der Waals surface area contributed by atoms with Crippen LogP contribution in [0, 0.1) is 12.8 Å². The molecule has 25 heavy (non-hydrogen) atoms. The minimum Gasteiger partial charge on any atom is -0.335 e. The highest BCUT2D eigenvalue weighted by atomic mass is 16.2. The maximum atomic E-state index is 12.8. The first-order chi connectivity index (χ1) is 12.0. The molecule has 0 spiro atoms. The van der Waals surface area contributed by atoms with Gasteiger partial charge in [-0.15, -0.1) is 0 Å². The lowest BCUT2D eigenvalue weighted by molar-refractivity contribution is 0.232. The Bertz CT molecular complexity index is 807. The number of nitrogens with zero attached hydrogens (tertiary/aromatic N) is 2. The van der Waals surface area contributed by atoms with Gasteiger partial charge in [0, 0.05) is 13.1 Å². The van der Waals surface area contributed by atoms with Gasteiger partial charge in [0.2, 0.25) is 0 Å². The van der Waals surface area contributed by atoms with Gasteiger partial charge < -0.3 is 10.6 Å². The SMILES string of the molecule is Cc1c(NC(=O)N[C@H]2CCCC[C@H]2C)c(=O)n(-c2ccccc2)n1C. The summed E-state index contributed by atoms with van der Waals surface area (Å²) in [6.07, 6.45) is 4.49. The Morgan fingerprint density at radius 3 is 2.52 bits per heavy atom. The number of hydrogen-bond acceptors (Lipinski definition) is 2. The van der Waals surface area contributed by atoms with Crippen LogP contribution in [0.2, 0.25) is 0 Å². The molecule has 0 saturated heterocycles. The zero-order valence-electron chi connectivity index (χ0n) is 15.1. The third kappa shape index (κ3) is 3.48. The second-order valence-corrected chi connectivity index (χ2v) is 6.90. The summed E-state index contributed by atoms with van der Waals surface area (Å²) in [5, 5.41) is 5.81. The van der Waals surface area contributed by atoms with Gasteiger partial charge in [0.05, 0.1) is 11.4 Å². The third-order valence-electron chi connectivity index (χ3n) is 5.22. The van der Waals surface area contributed by atoms with Crippen LogP contribution in [0.25, 0.3) is 5.69 Å². The van der Waals surface area contributed by atoms with Crippen molar-refractivity contribution in [1.29, 1.82) is 0 Å². The molecule has 2 aromatic rings. The average molecular weight is 342 g/mol. The molecule has 3 rings (SSSR count). The topological polar surface area (TPSA) is 68.1 Å². The standard InChI is InChI=1S/C19H26N4O2/c1-13-9-7-8-12-16(13)20-19(25)21-17-14(2)22(3)23(18(17)24)15-10-5-4-6-11-15/h4-6,10-11,13,16H,7-9,12H2,1-3H3,(H2,20,21,25)/t13-,16+/m1/s1. The van der Waals surface area contributed by atoms with Crippen molar-refractivity contribution in [2.75, 3.05) is 5.32 Å². The zero-order chi connectivity index (χ0) is 18.0. The van der Waals surface area contributed by atoms with Gasteiger partial charge in [0.15, 0.2) is 0 Å². The number of para-hydroxylation sites is 1. The number of amides is 2. The van der Waals surface area contributed by atoms with Crippen molar-refractivity contribution in [3.63, 3.8) is 0 Å². The number of aromatic nitrogens is 2. The van der Waals surface area contributed by atoms with E-state index < -0.39 is 0 Å². The molecule has 2 amide bonds. The molecular formula is C19H26N4O2. The number of carbonyl (C=O) groups excluding carboxylic acids is 1. The number of urea groups is 1. The van der Waals surface area contributed by atoms with Crippen LogP contribution in [0.15, 0.2) is 35.1 Å². The summed E-state index contributed by atoms with van der Waals surface area (Å²) in [5.41, 5.74) is 1.60. The fourth-order valence-electron chi connectivity index (χ4n) is 3.56. The van der Waals surface area contributed by atoms with Crippen LogP contribution in [0.4, 0.5) is 10.5 Å². The molecule has 2 atom stereocenters. The van der Waals surface area contributed by atoms with Crippen LogP contribution in [-0.2, 0) is 7.05 Å². The largest absolute Gasteiger partial charge is 0.335 e. The molecule has 2 N–H and O–H groups in total. The Morgan fingerprint density at radius 1 is 1.16 bits per heavy atom. The van der Waals surface area contributed by atoms with Gasteiger partial charge in [-0.25, -0.2) is 9.48 Å². The van der Waals surface area contributed by atoms with E-state index in [1.807, 2.05) is 44.3 Å². The Hall–Kier alpha value is -2.50. The number of nitrogens with one attached hydrogen (secondary N) is 2. The van der Waals surface area contributed by atoms with Crippen LogP contribution in [0.3, 0.4) is 0 Å². The third-order valence-corrected chi connectivity index (χ3v) is 5.22. The van der Waals surface area contributed by atoms with Gasteiger partial charge in [0.25, 0.3) is 5.56 Å². The second kappa shape index (κ2) is 7.17. The van der Waals surface area contributed by atoms with Crippen molar-refractivity contribution in [3.05, 3.63) is 46.4 Å². The summed E-state index contributed by atoms with van der Waals surface area (Å²) in [7, 11) is 1.82. The molecule has 0 radical (unpaired) electrons. The van der Waals surface area contributed by atoms with Gasteiger partial charge >= 0.3 is 6.03 Å². The van der Waals surface area contributed by atoms with Crippen molar-refractivity contribution < 1.29 is 4.79 Å². The summed E-state index contributed by atoms with van der Waals surface area (Å²) in [5.74, 6) is 0.470. The summed E-state index contributed by atoms with van der Waals surface area (Å²) in [4.78, 5) is 25.2. The van der Waals surface area contributed by atoms with E-state index in [1.54, 1.807) is 9.36 Å². The fourth-order valence-corrected chi connectivity index (χ4v) is 3.56. The van der Waals surface area contributed by atoms with E-state index in [0.29, 0.717) is 11.6 Å². The predicted molar refractivity (Wildman–Crippen MR) is 99.3 cm³/mol. The first-order valence-corrected chi connectivity index (χ1v) is 8.90. The monoisotopic (exact) mass is 342 g/mol. The predicted octanol–water partition coefficient (Wildman–Crippen LogP) is 3.18. The Balaban J connectivity index is 1.81. The number of anilines is 1.